The van der Waals surface area contributed by atoms with E-state index < -0.39 is 30.4 Å². The van der Waals surface area contributed by atoms with Gasteiger partial charge >= 0.3 is 12.0 Å². The van der Waals surface area contributed by atoms with E-state index in [2.05, 4.69) is 15.7 Å². The summed E-state index contributed by atoms with van der Waals surface area (Å²) in [7, 11) is 1.79. The number of hydrogen-bond acceptors (Lipinski definition) is 4. The van der Waals surface area contributed by atoms with Gasteiger partial charge in [0.15, 0.2) is 0 Å². The fourth-order valence-electron chi connectivity index (χ4n) is 1.85. The molecule has 5 N–H and O–H groups in total. The van der Waals surface area contributed by atoms with Crippen LogP contribution in [0.1, 0.15) is 23.4 Å². The summed E-state index contributed by atoms with van der Waals surface area (Å²) in [5.74, 6) is -2.13. The van der Waals surface area contributed by atoms with Gasteiger partial charge in [-0.2, -0.15) is 5.10 Å². The number of aromatic nitrogens is 2. The largest absolute Gasteiger partial charge is 0.480 e. The molecule has 0 unspecified atom stereocenters. The molecule has 0 saturated heterocycles. The number of carboxylic acids is 1. The Bertz CT molecular complexity index is 566. The summed E-state index contributed by atoms with van der Waals surface area (Å²) in [4.78, 5) is 33.3. The number of aliphatic carboxylic acids is 1. The molecule has 0 spiro atoms. The van der Waals surface area contributed by atoms with Gasteiger partial charge in [0.25, 0.3) is 0 Å². The Morgan fingerprint density at radius 1 is 1.38 bits per heavy atom. The van der Waals surface area contributed by atoms with Crippen molar-refractivity contribution in [2.24, 2.45) is 12.8 Å². The normalized spacial score (nSPS) is 11.8. The third kappa shape index (κ3) is 4.48. The first-order valence-electron chi connectivity index (χ1n) is 6.27. The lowest BCUT2D eigenvalue weighted by Gasteiger charge is -2.13. The van der Waals surface area contributed by atoms with Gasteiger partial charge in [0.2, 0.25) is 5.91 Å². The lowest BCUT2D eigenvalue weighted by atomic mass is 10.2. The van der Waals surface area contributed by atoms with E-state index in [1.807, 2.05) is 13.8 Å². The predicted octanol–water partition coefficient (Wildman–Crippen LogP) is -0.835. The topological polar surface area (TPSA) is 139 Å². The third-order valence-electron chi connectivity index (χ3n) is 3.09. The maximum atomic E-state index is 11.7. The van der Waals surface area contributed by atoms with Crippen LogP contribution < -0.4 is 16.4 Å². The lowest BCUT2D eigenvalue weighted by Crippen LogP contribution is -2.47. The molecule has 9 nitrogen and oxygen atoms in total. The minimum atomic E-state index is -1.35. The second-order valence-electron chi connectivity index (χ2n) is 4.66. The second kappa shape index (κ2) is 6.73. The highest BCUT2D eigenvalue weighted by Gasteiger charge is 2.22. The molecule has 0 radical (unpaired) electrons. The molecule has 9 heteroatoms. The molecular weight excluding hydrogens is 278 g/mol. The number of rotatable bonds is 6. The molecule has 0 fully saturated rings. The first kappa shape index (κ1) is 16.5. The maximum Gasteiger partial charge on any atom is 0.326 e. The first-order valence-corrected chi connectivity index (χ1v) is 6.27. The molecule has 1 aromatic rings. The van der Waals surface area contributed by atoms with Gasteiger partial charge in [0.1, 0.15) is 6.04 Å². The van der Waals surface area contributed by atoms with Crippen LogP contribution in [0.3, 0.4) is 0 Å². The highest BCUT2D eigenvalue weighted by atomic mass is 16.4. The van der Waals surface area contributed by atoms with Crippen LogP contribution in [-0.2, 0) is 23.2 Å². The molecule has 1 heterocycles. The van der Waals surface area contributed by atoms with Crippen molar-refractivity contribution < 1.29 is 19.5 Å². The number of nitrogens with zero attached hydrogens (tertiary/aromatic N) is 2. The smallest absolute Gasteiger partial charge is 0.326 e. The van der Waals surface area contributed by atoms with Crippen molar-refractivity contribution in [2.75, 3.05) is 0 Å². The number of carbonyl (C=O) groups excluding carboxylic acids is 2. The zero-order valence-corrected chi connectivity index (χ0v) is 12.1. The molecule has 1 rings (SSSR count). The van der Waals surface area contributed by atoms with Crippen molar-refractivity contribution in [2.45, 2.75) is 32.9 Å². The Morgan fingerprint density at radius 3 is 2.43 bits per heavy atom. The van der Waals surface area contributed by atoms with E-state index in [9.17, 15) is 14.4 Å². The Kier molecular flexibility index (Phi) is 5.28. The number of urea groups is 1. The Hall–Kier alpha value is -2.58. The van der Waals surface area contributed by atoms with Gasteiger partial charge in [-0.1, -0.05) is 0 Å². The standard InChI is InChI=1S/C12H19N5O4/c1-6-8(7(2)17(3)16-6)5-14-12(21)15-9(11(19)20)4-10(13)18/h9H,4-5H2,1-3H3,(H2,13,18)(H,19,20)(H2,14,15,21)/t9-/m0/s1. The van der Waals surface area contributed by atoms with Crippen LogP contribution in [0.4, 0.5) is 4.79 Å². The summed E-state index contributed by atoms with van der Waals surface area (Å²) in [6.45, 7) is 3.89. The van der Waals surface area contributed by atoms with Crippen LogP contribution in [0.15, 0.2) is 0 Å². The zero-order valence-electron chi connectivity index (χ0n) is 12.1. The van der Waals surface area contributed by atoms with Crippen molar-refractivity contribution in [1.82, 2.24) is 20.4 Å². The monoisotopic (exact) mass is 297 g/mol. The van der Waals surface area contributed by atoms with Crippen molar-refractivity contribution in [1.29, 1.82) is 0 Å². The highest BCUT2D eigenvalue weighted by molar-refractivity contribution is 5.87. The minimum Gasteiger partial charge on any atom is -0.480 e. The summed E-state index contributed by atoms with van der Waals surface area (Å²) in [5, 5.41) is 17.8. The number of amides is 3. The molecule has 0 bridgehead atoms. The molecule has 3 amide bonds. The number of aryl methyl sites for hydroxylation is 2. The zero-order chi connectivity index (χ0) is 16.2. The van der Waals surface area contributed by atoms with E-state index in [1.54, 1.807) is 11.7 Å². The van der Waals surface area contributed by atoms with E-state index in [4.69, 9.17) is 10.8 Å². The number of nitrogens with two attached hydrogens (primary N) is 1. The highest BCUT2D eigenvalue weighted by Crippen LogP contribution is 2.10. The third-order valence-corrected chi connectivity index (χ3v) is 3.09. The maximum absolute atomic E-state index is 11.7. The summed E-state index contributed by atoms with van der Waals surface area (Å²) in [6.07, 6.45) is -0.465. The first-order chi connectivity index (χ1) is 9.72. The van der Waals surface area contributed by atoms with Crippen LogP contribution in [0, 0.1) is 13.8 Å². The van der Waals surface area contributed by atoms with Gasteiger partial charge in [-0.05, 0) is 13.8 Å². The molecule has 1 atom stereocenters. The van der Waals surface area contributed by atoms with Gasteiger partial charge in [0.05, 0.1) is 12.1 Å². The van der Waals surface area contributed by atoms with Crippen molar-refractivity contribution in [3.63, 3.8) is 0 Å². The summed E-state index contributed by atoms with van der Waals surface area (Å²) < 4.78 is 1.69. The van der Waals surface area contributed by atoms with Crippen LogP contribution >= 0.6 is 0 Å². The average Bonchev–Trinajstić information content (AvgIpc) is 2.60. The summed E-state index contributed by atoms with van der Waals surface area (Å²) in [5.41, 5.74) is 7.47. The average molecular weight is 297 g/mol. The predicted molar refractivity (Wildman–Crippen MR) is 73.3 cm³/mol. The molecule has 116 valence electrons. The van der Waals surface area contributed by atoms with Crippen molar-refractivity contribution in [3.8, 4) is 0 Å². The number of hydrogen-bond donors (Lipinski definition) is 4. The van der Waals surface area contributed by atoms with Gasteiger partial charge in [-0.3, -0.25) is 9.48 Å². The number of carboxylic acid groups (broad SMARTS) is 1. The molecular formula is C12H19N5O4. The summed E-state index contributed by atoms with van der Waals surface area (Å²) >= 11 is 0. The van der Waals surface area contributed by atoms with Gasteiger partial charge in [-0.15, -0.1) is 0 Å². The fourth-order valence-corrected chi connectivity index (χ4v) is 1.85. The molecule has 0 aliphatic heterocycles. The van der Waals surface area contributed by atoms with E-state index in [0.29, 0.717) is 0 Å². The van der Waals surface area contributed by atoms with E-state index in [0.717, 1.165) is 17.0 Å². The Morgan fingerprint density at radius 2 is 2.00 bits per heavy atom. The van der Waals surface area contributed by atoms with Gasteiger partial charge in [-0.25, -0.2) is 9.59 Å². The number of primary amides is 1. The van der Waals surface area contributed by atoms with Crippen LogP contribution in [-0.4, -0.2) is 38.8 Å². The molecule has 0 aliphatic rings. The SMILES string of the molecule is Cc1nn(C)c(C)c1CNC(=O)N[C@@H](CC(N)=O)C(=O)O. The van der Waals surface area contributed by atoms with E-state index >= 15 is 0 Å². The summed E-state index contributed by atoms with van der Waals surface area (Å²) in [6, 6.07) is -2.04. The van der Waals surface area contributed by atoms with Crippen molar-refractivity contribution in [3.05, 3.63) is 17.0 Å². The van der Waals surface area contributed by atoms with Gasteiger partial charge < -0.3 is 21.5 Å². The fraction of sp³-hybridized carbons (Fsp3) is 0.500. The van der Waals surface area contributed by atoms with Crippen LogP contribution in [0.5, 0.6) is 0 Å². The second-order valence-corrected chi connectivity index (χ2v) is 4.66. The van der Waals surface area contributed by atoms with E-state index in [1.165, 1.54) is 0 Å². The molecule has 0 saturated carbocycles. The lowest BCUT2D eigenvalue weighted by molar-refractivity contribution is -0.140. The Labute approximate surface area is 121 Å². The van der Waals surface area contributed by atoms with E-state index in [-0.39, 0.29) is 6.54 Å². The molecule has 0 aromatic carbocycles. The Balaban J connectivity index is 2.61. The quantitative estimate of drug-likeness (QED) is 0.542. The van der Waals surface area contributed by atoms with Crippen molar-refractivity contribution >= 4 is 17.9 Å². The molecule has 21 heavy (non-hydrogen) atoms. The van der Waals surface area contributed by atoms with Crippen LogP contribution in [0.25, 0.3) is 0 Å². The van der Waals surface area contributed by atoms with Crippen LogP contribution in [0.2, 0.25) is 0 Å². The number of nitrogens with one attached hydrogen (secondary N) is 2. The number of carbonyl (C=O) groups is 3. The van der Waals surface area contributed by atoms with Gasteiger partial charge in [0, 0.05) is 24.8 Å². The molecule has 1 aromatic heterocycles. The molecule has 0 aliphatic carbocycles. The minimum absolute atomic E-state index is 0.209.